The SMILES string of the molecule is COc1c(Nc2ccc(CCS(C)(=O)=O)nc2C)ncnc1OC1CCN(C(=O)OC(C)C)CC1. The van der Waals surface area contributed by atoms with E-state index in [0.717, 1.165) is 0 Å². The van der Waals surface area contributed by atoms with E-state index in [2.05, 4.69) is 20.3 Å². The number of likely N-dealkylation sites (tertiary alicyclic amines) is 1. The fraction of sp³-hybridized carbons (Fsp3) is 0.565. The summed E-state index contributed by atoms with van der Waals surface area (Å²) in [6.07, 6.45) is 3.63. The Morgan fingerprint density at radius 1 is 1.23 bits per heavy atom. The van der Waals surface area contributed by atoms with Crippen molar-refractivity contribution < 1.29 is 27.4 Å². The van der Waals surface area contributed by atoms with Crippen LogP contribution >= 0.6 is 0 Å². The van der Waals surface area contributed by atoms with Crippen LogP contribution in [0.5, 0.6) is 11.6 Å². The van der Waals surface area contributed by atoms with Gasteiger partial charge in [0.1, 0.15) is 22.3 Å². The number of aryl methyl sites for hydroxylation is 2. The molecule has 0 spiro atoms. The molecule has 0 aliphatic carbocycles. The zero-order valence-electron chi connectivity index (χ0n) is 20.8. The van der Waals surface area contributed by atoms with Gasteiger partial charge in [-0.1, -0.05) is 0 Å². The van der Waals surface area contributed by atoms with Gasteiger partial charge in [0.15, 0.2) is 5.82 Å². The van der Waals surface area contributed by atoms with Crippen LogP contribution in [-0.4, -0.2) is 78.8 Å². The highest BCUT2D eigenvalue weighted by Gasteiger charge is 2.27. The van der Waals surface area contributed by atoms with Crippen molar-refractivity contribution in [3.8, 4) is 11.6 Å². The van der Waals surface area contributed by atoms with E-state index in [4.69, 9.17) is 14.2 Å². The molecule has 1 N–H and O–H groups in total. The zero-order chi connectivity index (χ0) is 25.6. The lowest BCUT2D eigenvalue weighted by Gasteiger charge is -2.31. The molecule has 0 saturated carbocycles. The van der Waals surface area contributed by atoms with Crippen LogP contribution in [0.3, 0.4) is 0 Å². The average Bonchev–Trinajstić information content (AvgIpc) is 2.79. The van der Waals surface area contributed by atoms with E-state index >= 15 is 0 Å². The van der Waals surface area contributed by atoms with Gasteiger partial charge in [0.2, 0.25) is 5.75 Å². The average molecular weight is 508 g/mol. The summed E-state index contributed by atoms with van der Waals surface area (Å²) in [6.45, 7) is 6.55. The third kappa shape index (κ3) is 7.67. The van der Waals surface area contributed by atoms with Crippen LogP contribution < -0.4 is 14.8 Å². The molecule has 0 radical (unpaired) electrons. The molecule has 0 unspecified atom stereocenters. The van der Waals surface area contributed by atoms with Crippen LogP contribution in [0.15, 0.2) is 18.5 Å². The minimum atomic E-state index is -3.06. The number of nitrogens with one attached hydrogen (secondary N) is 1. The molecular formula is C23H33N5O6S. The second-order valence-electron chi connectivity index (χ2n) is 8.74. The summed E-state index contributed by atoms with van der Waals surface area (Å²) in [5, 5.41) is 3.20. The first-order valence-electron chi connectivity index (χ1n) is 11.5. The second-order valence-corrected chi connectivity index (χ2v) is 11.0. The minimum absolute atomic E-state index is 0.0461. The van der Waals surface area contributed by atoms with Crippen molar-refractivity contribution in [2.45, 2.75) is 52.2 Å². The Morgan fingerprint density at radius 2 is 1.94 bits per heavy atom. The molecule has 2 aromatic rings. The number of carbonyl (C=O) groups excluding carboxylic acids is 1. The van der Waals surface area contributed by atoms with Crippen molar-refractivity contribution >= 4 is 27.4 Å². The van der Waals surface area contributed by atoms with Crippen LogP contribution in [0.1, 0.15) is 38.1 Å². The number of hydrogen-bond donors (Lipinski definition) is 1. The Kier molecular flexibility index (Phi) is 8.71. The van der Waals surface area contributed by atoms with E-state index in [-0.39, 0.29) is 24.1 Å². The Hall–Kier alpha value is -3.15. The molecule has 192 valence electrons. The molecule has 12 heteroatoms. The fourth-order valence-electron chi connectivity index (χ4n) is 3.61. The Morgan fingerprint density at radius 3 is 2.54 bits per heavy atom. The van der Waals surface area contributed by atoms with Crippen molar-refractivity contribution in [1.82, 2.24) is 19.9 Å². The summed E-state index contributed by atoms with van der Waals surface area (Å²) in [6, 6.07) is 3.61. The number of nitrogens with zero attached hydrogens (tertiary/aromatic N) is 4. The second kappa shape index (κ2) is 11.5. The number of anilines is 2. The normalized spacial score (nSPS) is 14.6. The van der Waals surface area contributed by atoms with Gasteiger partial charge in [0.05, 0.1) is 30.3 Å². The number of ether oxygens (including phenoxy) is 3. The fourth-order valence-corrected chi connectivity index (χ4v) is 4.19. The van der Waals surface area contributed by atoms with Crippen LogP contribution in [0.4, 0.5) is 16.3 Å². The van der Waals surface area contributed by atoms with Crippen molar-refractivity contribution in [3.05, 3.63) is 29.8 Å². The maximum atomic E-state index is 12.1. The van der Waals surface area contributed by atoms with Crippen LogP contribution in [-0.2, 0) is 21.0 Å². The molecule has 0 bridgehead atoms. The molecule has 1 fully saturated rings. The lowest BCUT2D eigenvalue weighted by Crippen LogP contribution is -2.42. The molecular weight excluding hydrogens is 474 g/mol. The van der Waals surface area contributed by atoms with Crippen molar-refractivity contribution in [2.75, 3.05) is 37.5 Å². The van der Waals surface area contributed by atoms with Crippen molar-refractivity contribution in [3.63, 3.8) is 0 Å². The van der Waals surface area contributed by atoms with Gasteiger partial charge in [-0.3, -0.25) is 4.98 Å². The largest absolute Gasteiger partial charge is 0.489 e. The van der Waals surface area contributed by atoms with Gasteiger partial charge in [0.25, 0.3) is 5.88 Å². The monoisotopic (exact) mass is 507 g/mol. The summed E-state index contributed by atoms with van der Waals surface area (Å²) in [5.74, 6) is 1.13. The van der Waals surface area contributed by atoms with Gasteiger partial charge in [-0.15, -0.1) is 0 Å². The number of aromatic nitrogens is 3. The van der Waals surface area contributed by atoms with E-state index in [1.165, 1.54) is 19.7 Å². The van der Waals surface area contributed by atoms with Gasteiger partial charge in [-0.2, -0.15) is 4.98 Å². The van der Waals surface area contributed by atoms with E-state index < -0.39 is 9.84 Å². The summed E-state index contributed by atoms with van der Waals surface area (Å²) < 4.78 is 39.8. The number of methoxy groups -OCH3 is 1. The Balaban J connectivity index is 1.66. The van der Waals surface area contributed by atoms with Gasteiger partial charge in [-0.05, 0) is 32.9 Å². The molecule has 2 aromatic heterocycles. The topological polar surface area (TPSA) is 133 Å². The maximum absolute atomic E-state index is 12.1. The van der Waals surface area contributed by atoms with Crippen molar-refractivity contribution in [1.29, 1.82) is 0 Å². The number of piperidine rings is 1. The molecule has 1 amide bonds. The number of hydrogen-bond acceptors (Lipinski definition) is 10. The van der Waals surface area contributed by atoms with Crippen LogP contribution in [0, 0.1) is 6.92 Å². The molecule has 35 heavy (non-hydrogen) atoms. The number of carbonyl (C=O) groups is 1. The highest BCUT2D eigenvalue weighted by molar-refractivity contribution is 7.90. The van der Waals surface area contributed by atoms with E-state index in [9.17, 15) is 13.2 Å². The Labute approximate surface area is 206 Å². The highest BCUT2D eigenvalue weighted by atomic mass is 32.2. The number of sulfone groups is 1. The number of rotatable bonds is 9. The number of pyridine rings is 1. The van der Waals surface area contributed by atoms with Gasteiger partial charge < -0.3 is 24.4 Å². The molecule has 3 heterocycles. The summed E-state index contributed by atoms with van der Waals surface area (Å²) in [7, 11) is -1.55. The van der Waals surface area contributed by atoms with Gasteiger partial charge in [-0.25, -0.2) is 18.2 Å². The molecule has 1 saturated heterocycles. The summed E-state index contributed by atoms with van der Waals surface area (Å²) in [4.78, 5) is 26.8. The lowest BCUT2D eigenvalue weighted by molar-refractivity contribution is 0.0500. The zero-order valence-corrected chi connectivity index (χ0v) is 21.6. The third-order valence-corrected chi connectivity index (χ3v) is 6.36. The predicted molar refractivity (Wildman–Crippen MR) is 131 cm³/mol. The van der Waals surface area contributed by atoms with E-state index in [1.807, 2.05) is 26.8 Å². The highest BCUT2D eigenvalue weighted by Crippen LogP contribution is 2.35. The lowest BCUT2D eigenvalue weighted by atomic mass is 10.1. The standard InChI is InChI=1S/C23H33N5O6S/c1-15(2)33-23(29)28-11-8-18(9-12-28)34-22-20(32-4)21(24-14-25-22)27-19-7-6-17(26-16(19)3)10-13-35(5,30)31/h6-7,14-15,18H,8-13H2,1-5H3,(H,24,25,27). The first kappa shape index (κ1) is 26.5. The molecule has 1 aliphatic heterocycles. The minimum Gasteiger partial charge on any atom is -0.489 e. The van der Waals surface area contributed by atoms with Gasteiger partial charge >= 0.3 is 6.09 Å². The molecule has 11 nitrogen and oxygen atoms in total. The maximum Gasteiger partial charge on any atom is 0.410 e. The first-order valence-corrected chi connectivity index (χ1v) is 13.5. The number of amides is 1. The van der Waals surface area contributed by atoms with E-state index in [0.29, 0.717) is 66.9 Å². The molecule has 3 rings (SSSR count). The van der Waals surface area contributed by atoms with Crippen molar-refractivity contribution in [2.24, 2.45) is 0 Å². The predicted octanol–water partition coefficient (Wildman–Crippen LogP) is 2.91. The smallest absolute Gasteiger partial charge is 0.410 e. The Bertz CT molecular complexity index is 1130. The molecule has 1 aliphatic rings. The summed E-state index contributed by atoms with van der Waals surface area (Å²) >= 11 is 0. The quantitative estimate of drug-likeness (QED) is 0.540. The van der Waals surface area contributed by atoms with Crippen LogP contribution in [0.25, 0.3) is 0 Å². The third-order valence-electron chi connectivity index (χ3n) is 5.42. The first-order chi connectivity index (χ1) is 16.6. The van der Waals surface area contributed by atoms with Gasteiger partial charge in [0, 0.05) is 44.3 Å². The van der Waals surface area contributed by atoms with E-state index in [1.54, 1.807) is 11.0 Å². The summed E-state index contributed by atoms with van der Waals surface area (Å²) in [5.41, 5.74) is 2.09. The molecule has 0 aromatic carbocycles. The molecule has 0 atom stereocenters. The van der Waals surface area contributed by atoms with Crippen LogP contribution in [0.2, 0.25) is 0 Å².